The molecule has 6 nitrogen and oxygen atoms in total. The molecule has 0 spiro atoms. The predicted octanol–water partition coefficient (Wildman–Crippen LogP) is 4.74. The summed E-state index contributed by atoms with van der Waals surface area (Å²) in [5.74, 6) is 2.30. The molecule has 126 valence electrons. The molecule has 24 heavy (non-hydrogen) atoms. The largest absolute Gasteiger partial charge is 0.485 e. The first-order chi connectivity index (χ1) is 11.5. The number of aryl methyl sites for hydroxylation is 2. The van der Waals surface area contributed by atoms with Crippen molar-refractivity contribution in [3.63, 3.8) is 0 Å². The quantitative estimate of drug-likeness (QED) is 0.625. The van der Waals surface area contributed by atoms with Crippen molar-refractivity contribution in [2.75, 3.05) is 0 Å². The van der Waals surface area contributed by atoms with E-state index < -0.39 is 0 Å². The highest BCUT2D eigenvalue weighted by Gasteiger charge is 2.12. The molecule has 0 radical (unpaired) electrons. The van der Waals surface area contributed by atoms with E-state index in [4.69, 9.17) is 41.7 Å². The van der Waals surface area contributed by atoms with Gasteiger partial charge in [-0.25, -0.2) is 0 Å². The Kier molecular flexibility index (Phi) is 4.97. The third-order valence-electron chi connectivity index (χ3n) is 3.09. The summed E-state index contributed by atoms with van der Waals surface area (Å²) < 4.78 is 21.3. The lowest BCUT2D eigenvalue weighted by Crippen LogP contribution is -1.99. The number of halogens is 2. The second-order valence-corrected chi connectivity index (χ2v) is 5.96. The predicted molar refractivity (Wildman–Crippen MR) is 87.6 cm³/mol. The minimum absolute atomic E-state index is 0.223. The van der Waals surface area contributed by atoms with E-state index in [1.807, 2.05) is 13.8 Å². The highest BCUT2D eigenvalue weighted by atomic mass is 35.5. The van der Waals surface area contributed by atoms with Crippen molar-refractivity contribution < 1.29 is 18.5 Å². The lowest BCUT2D eigenvalue weighted by atomic mass is 10.3. The molecule has 1 aromatic carbocycles. The molecule has 0 aliphatic carbocycles. The molecule has 2 aromatic heterocycles. The first kappa shape index (κ1) is 16.7. The van der Waals surface area contributed by atoms with E-state index in [0.717, 1.165) is 0 Å². The summed E-state index contributed by atoms with van der Waals surface area (Å²) in [4.78, 5) is 0. The monoisotopic (exact) mass is 368 g/mol. The van der Waals surface area contributed by atoms with Crippen molar-refractivity contribution in [2.45, 2.75) is 27.1 Å². The zero-order valence-electron chi connectivity index (χ0n) is 13.0. The van der Waals surface area contributed by atoms with Gasteiger partial charge in [0.05, 0.1) is 10.0 Å². The maximum atomic E-state index is 6.16. The average Bonchev–Trinajstić information content (AvgIpc) is 3.14. The van der Waals surface area contributed by atoms with Gasteiger partial charge in [0, 0.05) is 18.2 Å². The highest BCUT2D eigenvalue weighted by Crippen LogP contribution is 2.36. The maximum Gasteiger partial charge on any atom is 0.142 e. The van der Waals surface area contributed by atoms with E-state index in [9.17, 15) is 0 Å². The number of aromatic nitrogens is 2. The molecule has 0 aliphatic heterocycles. The van der Waals surface area contributed by atoms with Crippen molar-refractivity contribution in [3.05, 3.63) is 57.2 Å². The Morgan fingerprint density at radius 1 is 0.792 bits per heavy atom. The summed E-state index contributed by atoms with van der Waals surface area (Å²) in [6.07, 6.45) is 0. The second kappa shape index (κ2) is 7.15. The molecule has 2 heterocycles. The molecule has 0 unspecified atom stereocenters. The standard InChI is InChI=1S/C16H14Cl2N2O4/c1-9-3-11(19-23-9)7-21-15-6-16(14(18)5-13(15)17)22-8-12-4-10(2)24-20-12/h3-6H,7-8H2,1-2H3. The fourth-order valence-corrected chi connectivity index (χ4v) is 2.50. The Balaban J connectivity index is 1.70. The van der Waals surface area contributed by atoms with Crippen LogP contribution in [0, 0.1) is 13.8 Å². The summed E-state index contributed by atoms with van der Waals surface area (Å²) in [5, 5.41) is 8.48. The number of benzene rings is 1. The second-order valence-electron chi connectivity index (χ2n) is 5.15. The molecule has 0 bridgehead atoms. The van der Waals surface area contributed by atoms with Crippen molar-refractivity contribution in [2.24, 2.45) is 0 Å². The SMILES string of the molecule is Cc1cc(COc2cc(OCc3cc(C)on3)c(Cl)cc2Cl)no1. The topological polar surface area (TPSA) is 70.5 Å². The van der Waals surface area contributed by atoms with Crippen molar-refractivity contribution in [3.8, 4) is 11.5 Å². The molecule has 0 N–H and O–H groups in total. The summed E-state index contributed by atoms with van der Waals surface area (Å²) in [6, 6.07) is 6.77. The fourth-order valence-electron chi connectivity index (χ4n) is 2.01. The Hall–Kier alpha value is -2.18. The van der Waals surface area contributed by atoms with E-state index >= 15 is 0 Å². The Morgan fingerprint density at radius 2 is 1.25 bits per heavy atom. The summed E-state index contributed by atoms with van der Waals surface area (Å²) in [5.41, 5.74) is 1.33. The van der Waals surface area contributed by atoms with Gasteiger partial charge in [-0.1, -0.05) is 33.5 Å². The smallest absolute Gasteiger partial charge is 0.142 e. The van der Waals surface area contributed by atoms with Gasteiger partial charge in [-0.2, -0.15) is 0 Å². The van der Waals surface area contributed by atoms with Crippen LogP contribution in [-0.2, 0) is 13.2 Å². The lowest BCUT2D eigenvalue weighted by Gasteiger charge is -2.11. The minimum atomic E-state index is 0.223. The lowest BCUT2D eigenvalue weighted by molar-refractivity contribution is 0.274. The van der Waals surface area contributed by atoms with Gasteiger partial charge in [-0.05, 0) is 19.9 Å². The number of ether oxygens (including phenoxy) is 2. The average molecular weight is 369 g/mol. The van der Waals surface area contributed by atoms with E-state index in [1.165, 1.54) is 0 Å². The number of nitrogens with zero attached hydrogens (tertiary/aromatic N) is 2. The van der Waals surface area contributed by atoms with E-state index in [1.54, 1.807) is 24.3 Å². The summed E-state index contributed by atoms with van der Waals surface area (Å²) in [6.45, 7) is 4.06. The van der Waals surface area contributed by atoms with Gasteiger partial charge in [0.2, 0.25) is 0 Å². The Morgan fingerprint density at radius 3 is 1.62 bits per heavy atom. The van der Waals surface area contributed by atoms with Crippen LogP contribution in [0.5, 0.6) is 11.5 Å². The van der Waals surface area contributed by atoms with Crippen LogP contribution in [0.1, 0.15) is 22.9 Å². The molecule has 0 saturated carbocycles. The maximum absolute atomic E-state index is 6.16. The van der Waals surface area contributed by atoms with Crippen molar-refractivity contribution in [1.82, 2.24) is 10.3 Å². The molecular weight excluding hydrogens is 355 g/mol. The van der Waals surface area contributed by atoms with Crippen molar-refractivity contribution >= 4 is 23.2 Å². The van der Waals surface area contributed by atoms with Crippen LogP contribution in [0.25, 0.3) is 0 Å². The summed E-state index contributed by atoms with van der Waals surface area (Å²) in [7, 11) is 0. The Bertz CT molecular complexity index is 779. The van der Waals surface area contributed by atoms with Crippen LogP contribution in [0.2, 0.25) is 10.0 Å². The number of rotatable bonds is 6. The molecular formula is C16H14Cl2N2O4. The third-order valence-corrected chi connectivity index (χ3v) is 3.68. The van der Waals surface area contributed by atoms with Crippen LogP contribution in [-0.4, -0.2) is 10.3 Å². The normalized spacial score (nSPS) is 10.8. The third kappa shape index (κ3) is 4.01. The van der Waals surface area contributed by atoms with Gasteiger partial charge in [0.1, 0.15) is 47.6 Å². The Labute approximate surface area is 148 Å². The van der Waals surface area contributed by atoms with Crippen LogP contribution < -0.4 is 9.47 Å². The van der Waals surface area contributed by atoms with Gasteiger partial charge in [-0.3, -0.25) is 0 Å². The molecule has 0 aliphatic rings. The van der Waals surface area contributed by atoms with E-state index in [2.05, 4.69) is 10.3 Å². The van der Waals surface area contributed by atoms with Gasteiger partial charge in [0.25, 0.3) is 0 Å². The van der Waals surface area contributed by atoms with Crippen molar-refractivity contribution in [1.29, 1.82) is 0 Å². The molecule has 3 rings (SSSR count). The van der Waals surface area contributed by atoms with E-state index in [-0.39, 0.29) is 13.2 Å². The molecule has 0 amide bonds. The molecule has 0 saturated heterocycles. The number of hydrogen-bond acceptors (Lipinski definition) is 6. The first-order valence-electron chi connectivity index (χ1n) is 7.10. The van der Waals surface area contributed by atoms with Gasteiger partial charge in [0.15, 0.2) is 0 Å². The van der Waals surface area contributed by atoms with E-state index in [0.29, 0.717) is 44.5 Å². The van der Waals surface area contributed by atoms with Crippen LogP contribution >= 0.6 is 23.2 Å². The zero-order valence-corrected chi connectivity index (χ0v) is 14.5. The molecule has 0 atom stereocenters. The van der Waals surface area contributed by atoms with Gasteiger partial charge < -0.3 is 18.5 Å². The minimum Gasteiger partial charge on any atom is -0.485 e. The molecule has 3 aromatic rings. The zero-order chi connectivity index (χ0) is 17.1. The molecule has 8 heteroatoms. The fraction of sp³-hybridized carbons (Fsp3) is 0.250. The highest BCUT2D eigenvalue weighted by molar-refractivity contribution is 6.36. The van der Waals surface area contributed by atoms with Crippen LogP contribution in [0.15, 0.2) is 33.3 Å². The van der Waals surface area contributed by atoms with Gasteiger partial charge in [-0.15, -0.1) is 0 Å². The van der Waals surface area contributed by atoms with Crippen LogP contribution in [0.3, 0.4) is 0 Å². The molecule has 0 fully saturated rings. The van der Waals surface area contributed by atoms with Crippen LogP contribution in [0.4, 0.5) is 0 Å². The van der Waals surface area contributed by atoms with Gasteiger partial charge >= 0.3 is 0 Å². The number of hydrogen-bond donors (Lipinski definition) is 0. The summed E-state index contributed by atoms with van der Waals surface area (Å²) >= 11 is 12.3. The first-order valence-corrected chi connectivity index (χ1v) is 7.86.